The molecule has 0 unspecified atom stereocenters. The third-order valence-corrected chi connectivity index (χ3v) is 4.60. The van der Waals surface area contributed by atoms with Crippen LogP contribution in [0.4, 0.5) is 4.39 Å². The van der Waals surface area contributed by atoms with E-state index in [4.69, 9.17) is 0 Å². The number of aliphatic carboxylic acids is 1. The Kier molecular flexibility index (Phi) is 4.88. The van der Waals surface area contributed by atoms with E-state index in [2.05, 4.69) is 0 Å². The van der Waals surface area contributed by atoms with Crippen molar-refractivity contribution in [1.82, 2.24) is 4.90 Å². The number of carbonyl (C=O) groups excluding carboxylic acids is 1. The van der Waals surface area contributed by atoms with Crippen LogP contribution in [0.15, 0.2) is 24.3 Å². The number of hydrogen-bond donors (Lipinski definition) is 1. The molecule has 0 radical (unpaired) electrons. The van der Waals surface area contributed by atoms with Gasteiger partial charge < -0.3 is 10.0 Å². The van der Waals surface area contributed by atoms with Crippen molar-refractivity contribution >= 4 is 23.6 Å². The van der Waals surface area contributed by atoms with Crippen molar-refractivity contribution in [3.05, 3.63) is 35.6 Å². The molecule has 0 spiro atoms. The summed E-state index contributed by atoms with van der Waals surface area (Å²) in [5, 5.41) is 8.87. The van der Waals surface area contributed by atoms with E-state index in [-0.39, 0.29) is 17.6 Å². The highest BCUT2D eigenvalue weighted by atomic mass is 32.2. The highest BCUT2D eigenvalue weighted by Gasteiger charge is 2.41. The predicted octanol–water partition coefficient (Wildman–Crippen LogP) is 2.90. The summed E-state index contributed by atoms with van der Waals surface area (Å²) in [6.07, 6.45) is 0.354. The molecular weight excluding hydrogens is 293 g/mol. The van der Waals surface area contributed by atoms with Crippen LogP contribution in [0, 0.1) is 11.7 Å². The average molecular weight is 311 g/mol. The summed E-state index contributed by atoms with van der Waals surface area (Å²) < 4.78 is 14.0. The lowest BCUT2D eigenvalue weighted by molar-refractivity contribution is -0.150. The van der Waals surface area contributed by atoms with Crippen LogP contribution >= 0.6 is 11.8 Å². The monoisotopic (exact) mass is 311 g/mol. The summed E-state index contributed by atoms with van der Waals surface area (Å²) in [6.45, 7) is 3.81. The van der Waals surface area contributed by atoms with E-state index in [9.17, 15) is 19.1 Å². The number of hydrogen-bond acceptors (Lipinski definition) is 3. The number of amides is 1. The molecule has 1 amide bonds. The van der Waals surface area contributed by atoms with Crippen LogP contribution in [0.5, 0.6) is 0 Å². The molecule has 2 atom stereocenters. The van der Waals surface area contributed by atoms with Gasteiger partial charge in [-0.2, -0.15) is 0 Å². The fraction of sp³-hybridized carbons (Fsp3) is 0.467. The van der Waals surface area contributed by atoms with Crippen molar-refractivity contribution in [3.8, 4) is 0 Å². The minimum absolute atomic E-state index is 0.130. The van der Waals surface area contributed by atoms with Crippen LogP contribution in [-0.4, -0.2) is 33.7 Å². The quantitative estimate of drug-likeness (QED) is 0.908. The maximum absolute atomic E-state index is 14.0. The maximum Gasteiger partial charge on any atom is 0.326 e. The van der Waals surface area contributed by atoms with E-state index in [1.807, 2.05) is 13.8 Å². The smallest absolute Gasteiger partial charge is 0.326 e. The van der Waals surface area contributed by atoms with Gasteiger partial charge in [-0.25, -0.2) is 9.18 Å². The zero-order chi connectivity index (χ0) is 15.6. The van der Waals surface area contributed by atoms with E-state index in [0.29, 0.717) is 12.0 Å². The second kappa shape index (κ2) is 6.47. The molecule has 1 N–H and O–H groups in total. The SMILES string of the molecule is CC(C)C[C@H](C(=O)O)N1C(=O)CS[C@@H]1c1ccccc1F. The Morgan fingerprint density at radius 3 is 2.71 bits per heavy atom. The van der Waals surface area contributed by atoms with Crippen molar-refractivity contribution in [3.63, 3.8) is 0 Å². The van der Waals surface area contributed by atoms with Gasteiger partial charge in [0.25, 0.3) is 0 Å². The molecule has 1 aliphatic heterocycles. The Morgan fingerprint density at radius 1 is 1.48 bits per heavy atom. The second-order valence-electron chi connectivity index (χ2n) is 5.47. The lowest BCUT2D eigenvalue weighted by Crippen LogP contribution is -2.44. The molecule has 4 nitrogen and oxygen atoms in total. The van der Waals surface area contributed by atoms with Gasteiger partial charge in [0, 0.05) is 5.56 Å². The third-order valence-electron chi connectivity index (χ3n) is 3.39. The van der Waals surface area contributed by atoms with Crippen LogP contribution in [0.3, 0.4) is 0 Å². The molecule has 0 aromatic heterocycles. The van der Waals surface area contributed by atoms with Crippen LogP contribution in [0.1, 0.15) is 31.2 Å². The molecule has 1 saturated heterocycles. The number of benzene rings is 1. The summed E-state index contributed by atoms with van der Waals surface area (Å²) in [5.41, 5.74) is 0.364. The van der Waals surface area contributed by atoms with Gasteiger partial charge in [-0.05, 0) is 18.4 Å². The highest BCUT2D eigenvalue weighted by molar-refractivity contribution is 8.00. The van der Waals surface area contributed by atoms with Gasteiger partial charge >= 0.3 is 5.97 Å². The Labute approximate surface area is 127 Å². The van der Waals surface area contributed by atoms with Crippen molar-refractivity contribution in [2.75, 3.05) is 5.75 Å². The van der Waals surface area contributed by atoms with Crippen LogP contribution in [-0.2, 0) is 9.59 Å². The van der Waals surface area contributed by atoms with E-state index in [1.165, 1.54) is 22.7 Å². The average Bonchev–Trinajstić information content (AvgIpc) is 2.78. The van der Waals surface area contributed by atoms with Crippen molar-refractivity contribution < 1.29 is 19.1 Å². The number of carboxylic acid groups (broad SMARTS) is 1. The zero-order valence-electron chi connectivity index (χ0n) is 12.0. The van der Waals surface area contributed by atoms with Gasteiger partial charge in [-0.15, -0.1) is 11.8 Å². The molecule has 1 fully saturated rings. The van der Waals surface area contributed by atoms with E-state index < -0.39 is 23.2 Å². The number of carboxylic acids is 1. The molecule has 6 heteroatoms. The van der Waals surface area contributed by atoms with E-state index in [0.717, 1.165) is 0 Å². The first kappa shape index (κ1) is 15.8. The lowest BCUT2D eigenvalue weighted by Gasteiger charge is -2.31. The summed E-state index contributed by atoms with van der Waals surface area (Å²) >= 11 is 1.27. The van der Waals surface area contributed by atoms with Crippen LogP contribution in [0.25, 0.3) is 0 Å². The van der Waals surface area contributed by atoms with Crippen molar-refractivity contribution in [1.29, 1.82) is 0 Å². The first-order valence-corrected chi connectivity index (χ1v) is 7.86. The van der Waals surface area contributed by atoms with Gasteiger partial charge in [-0.3, -0.25) is 4.79 Å². The molecule has 0 saturated carbocycles. The van der Waals surface area contributed by atoms with Crippen molar-refractivity contribution in [2.24, 2.45) is 5.92 Å². The molecule has 114 valence electrons. The normalized spacial score (nSPS) is 20.1. The number of rotatable bonds is 5. The summed E-state index contributed by atoms with van der Waals surface area (Å²) in [5.74, 6) is -1.39. The predicted molar refractivity (Wildman–Crippen MR) is 79.3 cm³/mol. The fourth-order valence-corrected chi connectivity index (χ4v) is 3.71. The topological polar surface area (TPSA) is 57.6 Å². The molecule has 1 aliphatic rings. The lowest BCUT2D eigenvalue weighted by atomic mass is 10.0. The Balaban J connectivity index is 2.36. The van der Waals surface area contributed by atoms with Crippen LogP contribution in [0.2, 0.25) is 0 Å². The second-order valence-corrected chi connectivity index (χ2v) is 6.54. The number of nitrogens with zero attached hydrogens (tertiary/aromatic N) is 1. The Morgan fingerprint density at radius 2 is 2.14 bits per heavy atom. The molecule has 21 heavy (non-hydrogen) atoms. The Hall–Kier alpha value is -1.56. The standard InChI is InChI=1S/C15H18FNO3S/c1-9(2)7-12(15(19)20)17-13(18)8-21-14(17)10-5-3-4-6-11(10)16/h3-6,9,12,14H,7-8H2,1-2H3,(H,19,20)/t12-,14-/m1/s1. The van der Waals surface area contributed by atoms with Crippen molar-refractivity contribution in [2.45, 2.75) is 31.7 Å². The van der Waals surface area contributed by atoms with Gasteiger partial charge in [-0.1, -0.05) is 32.0 Å². The third kappa shape index (κ3) is 3.37. The maximum atomic E-state index is 14.0. The number of thioether (sulfide) groups is 1. The van der Waals surface area contributed by atoms with Crippen LogP contribution < -0.4 is 0 Å². The van der Waals surface area contributed by atoms with Gasteiger partial charge in [0.15, 0.2) is 0 Å². The molecule has 1 aromatic rings. The zero-order valence-corrected chi connectivity index (χ0v) is 12.8. The summed E-state index contributed by atoms with van der Waals surface area (Å²) in [6, 6.07) is 5.28. The first-order chi connectivity index (χ1) is 9.91. The Bertz CT molecular complexity index is 549. The molecule has 1 aromatic carbocycles. The molecule has 0 bridgehead atoms. The van der Waals surface area contributed by atoms with E-state index in [1.54, 1.807) is 18.2 Å². The van der Waals surface area contributed by atoms with Gasteiger partial charge in [0.05, 0.1) is 5.75 Å². The number of halogens is 1. The molecule has 1 heterocycles. The summed E-state index contributed by atoms with van der Waals surface area (Å²) in [7, 11) is 0. The van der Waals surface area contributed by atoms with Gasteiger partial charge in [0.2, 0.25) is 5.91 Å². The minimum atomic E-state index is -1.04. The number of carbonyl (C=O) groups is 2. The minimum Gasteiger partial charge on any atom is -0.480 e. The summed E-state index contributed by atoms with van der Waals surface area (Å²) in [4.78, 5) is 25.0. The fourth-order valence-electron chi connectivity index (χ4n) is 2.47. The van der Waals surface area contributed by atoms with Gasteiger partial charge in [0.1, 0.15) is 17.2 Å². The molecule has 0 aliphatic carbocycles. The molecular formula is C15H18FNO3S. The first-order valence-electron chi connectivity index (χ1n) is 6.81. The largest absolute Gasteiger partial charge is 0.480 e. The van der Waals surface area contributed by atoms with E-state index >= 15 is 0 Å². The highest BCUT2D eigenvalue weighted by Crippen LogP contribution is 2.41. The molecule has 2 rings (SSSR count).